The molecule has 1 aromatic heterocycles. The smallest absolute Gasteiger partial charge is 0.0725 e. The summed E-state index contributed by atoms with van der Waals surface area (Å²) in [5.74, 6) is 0. The lowest BCUT2D eigenvalue weighted by molar-refractivity contribution is 0.795. The van der Waals surface area contributed by atoms with Crippen LogP contribution in [0.4, 0.5) is 0 Å². The molecule has 12 rings (SSSR count). The van der Waals surface area contributed by atoms with Gasteiger partial charge in [0.25, 0.3) is 0 Å². The van der Waals surface area contributed by atoms with Crippen molar-refractivity contribution in [3.8, 4) is 33.4 Å². The summed E-state index contributed by atoms with van der Waals surface area (Å²) in [5.41, 5.74) is 13.0. The molecule has 230 valence electrons. The molecule has 0 radical (unpaired) electrons. The highest BCUT2D eigenvalue weighted by atomic mass is 32.1. The molecule has 10 aromatic rings. The van der Waals surface area contributed by atoms with Crippen molar-refractivity contribution in [2.45, 2.75) is 5.41 Å². The molecular weight excluding hydrogens is 621 g/mol. The van der Waals surface area contributed by atoms with Gasteiger partial charge in [0.1, 0.15) is 0 Å². The first-order chi connectivity index (χ1) is 24.8. The van der Waals surface area contributed by atoms with Gasteiger partial charge in [0.15, 0.2) is 0 Å². The Kier molecular flexibility index (Phi) is 5.14. The number of hydrogen-bond acceptors (Lipinski definition) is 1. The summed E-state index contributed by atoms with van der Waals surface area (Å²) in [6.07, 6.45) is 0. The Labute approximate surface area is 293 Å². The first-order valence-corrected chi connectivity index (χ1v) is 18.2. The number of fused-ring (bicyclic) bond motifs is 19. The molecule has 1 atom stereocenters. The van der Waals surface area contributed by atoms with E-state index in [2.05, 4.69) is 170 Å². The third-order valence-electron chi connectivity index (χ3n) is 11.7. The van der Waals surface area contributed by atoms with Crippen LogP contribution in [-0.4, -0.2) is 0 Å². The Hall–Kier alpha value is -6.02. The van der Waals surface area contributed by atoms with Gasteiger partial charge in [-0.1, -0.05) is 146 Å². The molecule has 9 aromatic carbocycles. The van der Waals surface area contributed by atoms with Gasteiger partial charge in [-0.15, -0.1) is 11.3 Å². The van der Waals surface area contributed by atoms with Gasteiger partial charge in [0, 0.05) is 20.2 Å². The van der Waals surface area contributed by atoms with Crippen LogP contribution in [0.3, 0.4) is 0 Å². The average molecular weight is 649 g/mol. The van der Waals surface area contributed by atoms with E-state index in [1.807, 2.05) is 11.3 Å². The minimum Gasteiger partial charge on any atom is -0.135 e. The van der Waals surface area contributed by atoms with E-state index in [0.717, 1.165) is 0 Å². The van der Waals surface area contributed by atoms with Crippen molar-refractivity contribution in [1.82, 2.24) is 0 Å². The molecule has 0 aliphatic heterocycles. The standard InChI is InChI=1S/C49H28S/c1-3-14-33-31(12-1)32-13-2-4-15-34(32)40-28-46-42(27-39(33)40)36-17-6-9-22-44(36)49(46)43-21-8-5-16-35(43)41-26-29(24-25-45(41)49)30-19-11-20-38-37-18-7-10-23-47(37)50-48(30)38/h1-28H. The predicted octanol–water partition coefficient (Wildman–Crippen LogP) is 13.5. The minimum absolute atomic E-state index is 0.402. The average Bonchev–Trinajstić information content (AvgIpc) is 3.81. The molecule has 50 heavy (non-hydrogen) atoms. The lowest BCUT2D eigenvalue weighted by Crippen LogP contribution is -2.25. The molecular formula is C49H28S. The molecule has 0 fully saturated rings. The molecule has 0 nitrogen and oxygen atoms in total. The number of rotatable bonds is 1. The third-order valence-corrected chi connectivity index (χ3v) is 12.9. The normalized spacial score (nSPS) is 15.7. The summed E-state index contributed by atoms with van der Waals surface area (Å²) >= 11 is 1.90. The lowest BCUT2D eigenvalue weighted by Gasteiger charge is -2.31. The van der Waals surface area contributed by atoms with Crippen LogP contribution in [0.15, 0.2) is 170 Å². The predicted molar refractivity (Wildman–Crippen MR) is 214 cm³/mol. The molecule has 0 bridgehead atoms. The van der Waals surface area contributed by atoms with Crippen molar-refractivity contribution < 1.29 is 0 Å². The van der Waals surface area contributed by atoms with E-state index < -0.39 is 5.41 Å². The van der Waals surface area contributed by atoms with Gasteiger partial charge in [-0.25, -0.2) is 0 Å². The van der Waals surface area contributed by atoms with Crippen molar-refractivity contribution in [1.29, 1.82) is 0 Å². The monoisotopic (exact) mass is 648 g/mol. The Morgan fingerprint density at radius 1 is 0.300 bits per heavy atom. The summed E-state index contributed by atoms with van der Waals surface area (Å²) in [4.78, 5) is 0. The van der Waals surface area contributed by atoms with Crippen molar-refractivity contribution >= 4 is 63.8 Å². The zero-order valence-electron chi connectivity index (χ0n) is 27.1. The lowest BCUT2D eigenvalue weighted by atomic mass is 9.70. The van der Waals surface area contributed by atoms with E-state index in [1.54, 1.807) is 0 Å². The SMILES string of the molecule is c1ccc2c(c1)-c1cc(-c3cccc4c3sc3ccccc34)ccc1C21c2ccccc2-c2cc3c4ccccc4c4ccccc4c3cc21. The summed E-state index contributed by atoms with van der Waals surface area (Å²) in [7, 11) is 0. The Morgan fingerprint density at radius 2 is 0.800 bits per heavy atom. The highest BCUT2D eigenvalue weighted by Gasteiger charge is 2.51. The van der Waals surface area contributed by atoms with Crippen LogP contribution in [0.2, 0.25) is 0 Å². The largest absolute Gasteiger partial charge is 0.135 e. The molecule has 0 saturated heterocycles. The zero-order chi connectivity index (χ0) is 32.6. The first-order valence-electron chi connectivity index (χ1n) is 17.4. The molecule has 2 aliphatic carbocycles. The molecule has 1 spiro atoms. The fourth-order valence-electron chi connectivity index (χ4n) is 9.68. The van der Waals surface area contributed by atoms with E-state index in [4.69, 9.17) is 0 Å². The fraction of sp³-hybridized carbons (Fsp3) is 0.0204. The van der Waals surface area contributed by atoms with Crippen LogP contribution >= 0.6 is 11.3 Å². The van der Waals surface area contributed by atoms with Gasteiger partial charge in [0.2, 0.25) is 0 Å². The quantitative estimate of drug-likeness (QED) is 0.155. The maximum absolute atomic E-state index is 2.55. The summed E-state index contributed by atoms with van der Waals surface area (Å²) in [6, 6.07) is 64.2. The molecule has 1 heteroatoms. The van der Waals surface area contributed by atoms with Gasteiger partial charge < -0.3 is 0 Å². The van der Waals surface area contributed by atoms with Crippen molar-refractivity contribution in [2.75, 3.05) is 0 Å². The van der Waals surface area contributed by atoms with Crippen molar-refractivity contribution in [2.24, 2.45) is 0 Å². The van der Waals surface area contributed by atoms with Crippen LogP contribution < -0.4 is 0 Å². The number of thiophene rings is 1. The molecule has 1 heterocycles. The summed E-state index contributed by atoms with van der Waals surface area (Å²) < 4.78 is 2.70. The number of hydrogen-bond donors (Lipinski definition) is 0. The van der Waals surface area contributed by atoms with Gasteiger partial charge >= 0.3 is 0 Å². The van der Waals surface area contributed by atoms with E-state index >= 15 is 0 Å². The Morgan fingerprint density at radius 3 is 1.50 bits per heavy atom. The van der Waals surface area contributed by atoms with Gasteiger partial charge in [-0.05, 0) is 112 Å². The van der Waals surface area contributed by atoms with E-state index in [0.29, 0.717) is 0 Å². The minimum atomic E-state index is -0.402. The summed E-state index contributed by atoms with van der Waals surface area (Å²) in [5, 5.41) is 10.6. The Bertz CT molecular complexity index is 3100. The second-order valence-corrected chi connectivity index (χ2v) is 15.0. The molecule has 2 aliphatic rings. The van der Waals surface area contributed by atoms with Crippen molar-refractivity contribution in [3.63, 3.8) is 0 Å². The van der Waals surface area contributed by atoms with Gasteiger partial charge in [-0.3, -0.25) is 0 Å². The Balaban J connectivity index is 1.19. The van der Waals surface area contributed by atoms with Crippen LogP contribution in [0.1, 0.15) is 22.3 Å². The van der Waals surface area contributed by atoms with Crippen LogP contribution in [0.25, 0.3) is 85.9 Å². The molecule has 1 unspecified atom stereocenters. The topological polar surface area (TPSA) is 0 Å². The third kappa shape index (κ3) is 3.22. The fourth-order valence-corrected chi connectivity index (χ4v) is 10.9. The van der Waals surface area contributed by atoms with E-state index in [-0.39, 0.29) is 0 Å². The highest BCUT2D eigenvalue weighted by molar-refractivity contribution is 7.26. The molecule has 0 amide bonds. The van der Waals surface area contributed by atoms with Gasteiger partial charge in [0.05, 0.1) is 5.41 Å². The molecule has 0 N–H and O–H groups in total. The van der Waals surface area contributed by atoms with Gasteiger partial charge in [-0.2, -0.15) is 0 Å². The highest BCUT2D eigenvalue weighted by Crippen LogP contribution is 2.64. The van der Waals surface area contributed by atoms with Crippen LogP contribution in [0, 0.1) is 0 Å². The number of benzene rings is 9. The zero-order valence-corrected chi connectivity index (χ0v) is 27.9. The van der Waals surface area contributed by atoms with Crippen molar-refractivity contribution in [3.05, 3.63) is 192 Å². The van der Waals surface area contributed by atoms with E-state index in [1.165, 1.54) is 108 Å². The first kappa shape index (κ1) is 26.9. The maximum Gasteiger partial charge on any atom is 0.0725 e. The summed E-state index contributed by atoms with van der Waals surface area (Å²) in [6.45, 7) is 0. The molecule has 0 saturated carbocycles. The second-order valence-electron chi connectivity index (χ2n) is 13.9. The van der Waals surface area contributed by atoms with Crippen LogP contribution in [-0.2, 0) is 5.41 Å². The van der Waals surface area contributed by atoms with Crippen LogP contribution in [0.5, 0.6) is 0 Å². The second kappa shape index (κ2) is 9.57. The van der Waals surface area contributed by atoms with E-state index in [9.17, 15) is 0 Å². The maximum atomic E-state index is 2.55.